The summed E-state index contributed by atoms with van der Waals surface area (Å²) >= 11 is 1.60. The Labute approximate surface area is 132 Å². The molecular weight excluding hydrogens is 292 g/mol. The lowest BCUT2D eigenvalue weighted by atomic mass is 10.2. The van der Waals surface area contributed by atoms with Crippen LogP contribution in [-0.2, 0) is 11.2 Å². The maximum Gasteiger partial charge on any atom is 0.251 e. The first-order valence-electron chi connectivity index (χ1n) is 7.24. The molecule has 3 nitrogen and oxygen atoms in total. The van der Waals surface area contributed by atoms with Crippen molar-refractivity contribution in [2.24, 2.45) is 0 Å². The predicted octanol–water partition coefficient (Wildman–Crippen LogP) is 3.90. The van der Waals surface area contributed by atoms with Crippen LogP contribution >= 0.6 is 11.3 Å². The molecule has 22 heavy (non-hydrogen) atoms. The van der Waals surface area contributed by atoms with Gasteiger partial charge in [-0.15, -0.1) is 11.3 Å². The molecule has 4 heteroatoms. The van der Waals surface area contributed by atoms with Crippen LogP contribution in [-0.4, -0.2) is 17.4 Å². The third-order valence-electron chi connectivity index (χ3n) is 3.83. The molecule has 1 aromatic heterocycles. The maximum absolute atomic E-state index is 12.4. The monoisotopic (exact) mass is 306 g/mol. The molecule has 3 aromatic rings. The Morgan fingerprint density at radius 3 is 2.86 bits per heavy atom. The zero-order valence-electron chi connectivity index (χ0n) is 11.9. The Morgan fingerprint density at radius 2 is 1.95 bits per heavy atom. The van der Waals surface area contributed by atoms with Crippen LogP contribution in [0.3, 0.4) is 0 Å². The summed E-state index contributed by atoms with van der Waals surface area (Å²) in [6.07, 6.45) is 4.37. The van der Waals surface area contributed by atoms with Gasteiger partial charge in [-0.2, -0.15) is 0 Å². The maximum atomic E-state index is 12.4. The largest absolute Gasteiger partial charge is 0.308 e. The number of carbonyl (C=O) groups is 1. The van der Waals surface area contributed by atoms with Gasteiger partial charge < -0.3 is 4.90 Å². The van der Waals surface area contributed by atoms with Crippen LogP contribution in [0.1, 0.15) is 10.6 Å². The van der Waals surface area contributed by atoms with Gasteiger partial charge in [0, 0.05) is 18.3 Å². The molecule has 0 saturated heterocycles. The van der Waals surface area contributed by atoms with E-state index in [4.69, 9.17) is 0 Å². The van der Waals surface area contributed by atoms with Crippen LogP contribution in [0.25, 0.3) is 16.3 Å². The van der Waals surface area contributed by atoms with E-state index in [1.165, 1.54) is 5.56 Å². The molecule has 1 aliphatic heterocycles. The van der Waals surface area contributed by atoms with Gasteiger partial charge in [-0.1, -0.05) is 30.3 Å². The molecular formula is C18H14N2OS. The summed E-state index contributed by atoms with van der Waals surface area (Å²) in [6, 6.07) is 16.1. The number of nitrogens with zero attached hydrogens (tertiary/aromatic N) is 2. The fraction of sp³-hybridized carbons (Fsp3) is 0.111. The number of carbonyl (C=O) groups excluding carboxylic acids is 1. The van der Waals surface area contributed by atoms with Crippen molar-refractivity contribution in [3.8, 4) is 0 Å². The van der Waals surface area contributed by atoms with Gasteiger partial charge >= 0.3 is 0 Å². The highest BCUT2D eigenvalue weighted by molar-refractivity contribution is 7.19. The molecule has 1 amide bonds. The quantitative estimate of drug-likeness (QED) is 0.673. The highest BCUT2D eigenvalue weighted by atomic mass is 32.1. The van der Waals surface area contributed by atoms with Crippen molar-refractivity contribution < 1.29 is 4.79 Å². The number of aromatic nitrogens is 1. The molecule has 0 atom stereocenters. The van der Waals surface area contributed by atoms with E-state index in [2.05, 4.69) is 11.1 Å². The van der Waals surface area contributed by atoms with E-state index in [-0.39, 0.29) is 5.91 Å². The van der Waals surface area contributed by atoms with Gasteiger partial charge in [0.2, 0.25) is 0 Å². The molecule has 0 saturated carbocycles. The lowest BCUT2D eigenvalue weighted by molar-refractivity contribution is -0.114. The Hall–Kier alpha value is -2.46. The average Bonchev–Trinajstić information content (AvgIpc) is 3.16. The number of amides is 1. The zero-order chi connectivity index (χ0) is 14.9. The SMILES string of the molecule is O=C(/C=C/c1nc2ccccc2s1)N1CCc2ccccc21. The molecule has 0 aliphatic carbocycles. The third kappa shape index (κ3) is 2.31. The fourth-order valence-electron chi connectivity index (χ4n) is 2.76. The Morgan fingerprint density at radius 1 is 1.14 bits per heavy atom. The van der Waals surface area contributed by atoms with Crippen LogP contribution < -0.4 is 4.90 Å². The molecule has 1 aliphatic rings. The summed E-state index contributed by atoms with van der Waals surface area (Å²) in [5, 5.41) is 0.863. The van der Waals surface area contributed by atoms with Crippen molar-refractivity contribution in [2.45, 2.75) is 6.42 Å². The number of rotatable bonds is 2. The number of fused-ring (bicyclic) bond motifs is 2. The van der Waals surface area contributed by atoms with E-state index in [0.29, 0.717) is 0 Å². The third-order valence-corrected chi connectivity index (χ3v) is 4.83. The minimum atomic E-state index is 0.0178. The Balaban J connectivity index is 1.57. The molecule has 0 N–H and O–H groups in total. The summed E-state index contributed by atoms with van der Waals surface area (Å²) < 4.78 is 1.14. The van der Waals surface area contributed by atoms with Crippen LogP contribution in [0, 0.1) is 0 Å². The van der Waals surface area contributed by atoms with Crippen LogP contribution in [0.4, 0.5) is 5.69 Å². The van der Waals surface area contributed by atoms with E-state index in [0.717, 1.165) is 33.9 Å². The summed E-state index contributed by atoms with van der Waals surface area (Å²) in [6.45, 7) is 0.752. The van der Waals surface area contributed by atoms with E-state index in [9.17, 15) is 4.79 Å². The lowest BCUT2D eigenvalue weighted by Gasteiger charge is -2.14. The molecule has 0 spiro atoms. The zero-order valence-corrected chi connectivity index (χ0v) is 12.7. The smallest absolute Gasteiger partial charge is 0.251 e. The number of thiazole rings is 1. The first-order valence-corrected chi connectivity index (χ1v) is 8.06. The van der Waals surface area contributed by atoms with Gasteiger partial charge in [-0.3, -0.25) is 4.79 Å². The summed E-state index contributed by atoms with van der Waals surface area (Å²) in [5.41, 5.74) is 3.25. The van der Waals surface area contributed by atoms with E-state index in [1.807, 2.05) is 53.4 Å². The van der Waals surface area contributed by atoms with Crippen molar-refractivity contribution in [1.29, 1.82) is 0 Å². The van der Waals surface area contributed by atoms with Gasteiger partial charge in [0.05, 0.1) is 10.2 Å². The number of hydrogen-bond donors (Lipinski definition) is 0. The molecule has 0 unspecified atom stereocenters. The minimum absolute atomic E-state index is 0.0178. The topological polar surface area (TPSA) is 33.2 Å². The molecule has 0 radical (unpaired) electrons. The van der Waals surface area contributed by atoms with Gasteiger partial charge in [-0.25, -0.2) is 4.98 Å². The number of anilines is 1. The van der Waals surface area contributed by atoms with Crippen molar-refractivity contribution in [3.05, 3.63) is 65.2 Å². The number of hydrogen-bond acceptors (Lipinski definition) is 3. The highest BCUT2D eigenvalue weighted by Gasteiger charge is 2.22. The van der Waals surface area contributed by atoms with Crippen LogP contribution in [0.2, 0.25) is 0 Å². The van der Waals surface area contributed by atoms with Crippen molar-refractivity contribution >= 4 is 39.2 Å². The van der Waals surface area contributed by atoms with Gasteiger partial charge in [0.1, 0.15) is 5.01 Å². The van der Waals surface area contributed by atoms with E-state index in [1.54, 1.807) is 17.4 Å². The second kappa shape index (κ2) is 5.39. The molecule has 2 heterocycles. The molecule has 108 valence electrons. The van der Waals surface area contributed by atoms with Crippen LogP contribution in [0.15, 0.2) is 54.6 Å². The van der Waals surface area contributed by atoms with Crippen molar-refractivity contribution in [2.75, 3.05) is 11.4 Å². The summed E-state index contributed by atoms with van der Waals surface area (Å²) in [4.78, 5) is 18.8. The minimum Gasteiger partial charge on any atom is -0.308 e. The summed E-state index contributed by atoms with van der Waals surface area (Å²) in [5.74, 6) is 0.0178. The first-order chi connectivity index (χ1) is 10.8. The second-order valence-corrected chi connectivity index (χ2v) is 6.28. The molecule has 0 bridgehead atoms. The van der Waals surface area contributed by atoms with Crippen molar-refractivity contribution in [1.82, 2.24) is 4.98 Å². The fourth-order valence-corrected chi connectivity index (χ4v) is 3.63. The Bertz CT molecular complexity index is 848. The number of benzene rings is 2. The number of para-hydroxylation sites is 2. The standard InChI is InChI=1S/C18H14N2OS/c21-18(20-12-11-13-5-1-3-7-15(13)20)10-9-17-19-14-6-2-4-8-16(14)22-17/h1-10H,11-12H2/b10-9+. The van der Waals surface area contributed by atoms with E-state index < -0.39 is 0 Å². The predicted molar refractivity (Wildman–Crippen MR) is 91.2 cm³/mol. The lowest BCUT2D eigenvalue weighted by Crippen LogP contribution is -2.26. The Kier molecular flexibility index (Phi) is 3.24. The van der Waals surface area contributed by atoms with Crippen LogP contribution in [0.5, 0.6) is 0 Å². The average molecular weight is 306 g/mol. The van der Waals surface area contributed by atoms with Gasteiger partial charge in [-0.05, 0) is 36.3 Å². The first kappa shape index (κ1) is 13.2. The molecule has 0 fully saturated rings. The molecule has 2 aromatic carbocycles. The van der Waals surface area contributed by atoms with E-state index >= 15 is 0 Å². The highest BCUT2D eigenvalue weighted by Crippen LogP contribution is 2.28. The summed E-state index contributed by atoms with van der Waals surface area (Å²) in [7, 11) is 0. The molecule has 4 rings (SSSR count). The normalized spacial score (nSPS) is 13.9. The van der Waals surface area contributed by atoms with Crippen molar-refractivity contribution in [3.63, 3.8) is 0 Å². The second-order valence-electron chi connectivity index (χ2n) is 5.22. The van der Waals surface area contributed by atoms with Gasteiger partial charge in [0.25, 0.3) is 5.91 Å². The van der Waals surface area contributed by atoms with Gasteiger partial charge in [0.15, 0.2) is 0 Å².